The summed E-state index contributed by atoms with van der Waals surface area (Å²) >= 11 is 0. The molecule has 0 bridgehead atoms. The Bertz CT molecular complexity index is 421. The lowest BCUT2D eigenvalue weighted by Gasteiger charge is -2.08. The molecule has 0 fully saturated rings. The molecule has 0 atom stereocenters. The summed E-state index contributed by atoms with van der Waals surface area (Å²) in [4.78, 5) is 23.0. The second-order valence-electron chi connectivity index (χ2n) is 4.75. The minimum absolute atomic E-state index is 0.0241. The Morgan fingerprint density at radius 3 is 2.52 bits per heavy atom. The molecule has 1 aromatic carbocycles. The van der Waals surface area contributed by atoms with Crippen molar-refractivity contribution in [2.45, 2.75) is 32.6 Å². The van der Waals surface area contributed by atoms with Gasteiger partial charge in [-0.15, -0.1) is 0 Å². The van der Waals surface area contributed by atoms with Crippen molar-refractivity contribution in [3.8, 4) is 5.75 Å². The zero-order valence-electron chi connectivity index (χ0n) is 12.6. The number of ether oxygens (including phenoxy) is 1. The molecule has 0 saturated carbocycles. The molecule has 0 radical (unpaired) electrons. The van der Waals surface area contributed by atoms with Crippen LogP contribution in [0.3, 0.4) is 0 Å². The molecule has 0 unspecified atom stereocenters. The maximum atomic E-state index is 11.5. The maximum Gasteiger partial charge on any atom is 0.239 e. The van der Waals surface area contributed by atoms with Gasteiger partial charge in [0.15, 0.2) is 0 Å². The molecule has 1 aromatic rings. The van der Waals surface area contributed by atoms with E-state index in [9.17, 15) is 9.59 Å². The van der Waals surface area contributed by atoms with E-state index in [0.29, 0.717) is 13.2 Å². The number of hydrogen-bond acceptors (Lipinski definition) is 3. The second-order valence-corrected chi connectivity index (χ2v) is 4.75. The molecule has 5 nitrogen and oxygen atoms in total. The van der Waals surface area contributed by atoms with E-state index in [0.717, 1.165) is 25.0 Å². The summed E-state index contributed by atoms with van der Waals surface area (Å²) in [6.07, 6.45) is 3.43. The maximum absolute atomic E-state index is 11.5. The summed E-state index contributed by atoms with van der Waals surface area (Å²) in [6.45, 7) is 3.10. The fourth-order valence-electron chi connectivity index (χ4n) is 1.71. The van der Waals surface area contributed by atoms with Crippen LogP contribution in [-0.4, -0.2) is 31.5 Å². The SMILES string of the molecule is CCCCCNC(=O)CNC(=O)CCOc1ccccc1. The summed E-state index contributed by atoms with van der Waals surface area (Å²) in [6, 6.07) is 9.32. The van der Waals surface area contributed by atoms with Crippen molar-refractivity contribution in [1.29, 1.82) is 0 Å². The Morgan fingerprint density at radius 1 is 1.05 bits per heavy atom. The molecule has 2 N–H and O–H groups in total. The lowest BCUT2D eigenvalue weighted by atomic mass is 10.2. The number of hydrogen-bond donors (Lipinski definition) is 2. The molecule has 21 heavy (non-hydrogen) atoms. The van der Waals surface area contributed by atoms with E-state index in [1.54, 1.807) is 0 Å². The van der Waals surface area contributed by atoms with Crippen LogP contribution >= 0.6 is 0 Å². The molecule has 0 saturated heterocycles. The van der Waals surface area contributed by atoms with Crippen LogP contribution in [0.25, 0.3) is 0 Å². The molecule has 0 aliphatic rings. The van der Waals surface area contributed by atoms with Gasteiger partial charge in [0.25, 0.3) is 0 Å². The highest BCUT2D eigenvalue weighted by Gasteiger charge is 2.05. The third-order valence-corrected chi connectivity index (χ3v) is 2.89. The molecular weight excluding hydrogens is 268 g/mol. The van der Waals surface area contributed by atoms with Gasteiger partial charge in [-0.2, -0.15) is 0 Å². The van der Waals surface area contributed by atoms with Gasteiger partial charge >= 0.3 is 0 Å². The van der Waals surface area contributed by atoms with Crippen LogP contribution in [0.15, 0.2) is 30.3 Å². The minimum Gasteiger partial charge on any atom is -0.493 e. The topological polar surface area (TPSA) is 67.4 Å². The van der Waals surface area contributed by atoms with Gasteiger partial charge in [-0.1, -0.05) is 38.0 Å². The van der Waals surface area contributed by atoms with Gasteiger partial charge in [-0.25, -0.2) is 0 Å². The molecule has 2 amide bonds. The Balaban J connectivity index is 2.04. The molecule has 0 spiro atoms. The number of benzene rings is 1. The first-order valence-corrected chi connectivity index (χ1v) is 7.43. The smallest absolute Gasteiger partial charge is 0.239 e. The Labute approximate surface area is 126 Å². The van der Waals surface area contributed by atoms with Crippen molar-refractivity contribution < 1.29 is 14.3 Å². The fraction of sp³-hybridized carbons (Fsp3) is 0.500. The first-order valence-electron chi connectivity index (χ1n) is 7.43. The highest BCUT2D eigenvalue weighted by Crippen LogP contribution is 2.08. The second kappa shape index (κ2) is 10.7. The van der Waals surface area contributed by atoms with E-state index in [1.807, 2.05) is 30.3 Å². The number of carbonyl (C=O) groups excluding carboxylic acids is 2. The van der Waals surface area contributed by atoms with Crippen LogP contribution in [0.1, 0.15) is 32.6 Å². The summed E-state index contributed by atoms with van der Waals surface area (Å²) in [5.41, 5.74) is 0. The molecule has 0 aliphatic carbocycles. The predicted molar refractivity (Wildman–Crippen MR) is 82.1 cm³/mol. The minimum atomic E-state index is -0.186. The predicted octanol–water partition coefficient (Wildman–Crippen LogP) is 1.88. The largest absolute Gasteiger partial charge is 0.493 e. The summed E-state index contributed by atoms with van der Waals surface area (Å²) < 4.78 is 5.41. The third kappa shape index (κ3) is 8.68. The monoisotopic (exact) mass is 292 g/mol. The van der Waals surface area contributed by atoms with Crippen molar-refractivity contribution in [2.24, 2.45) is 0 Å². The molecule has 1 rings (SSSR count). The number of nitrogens with one attached hydrogen (secondary N) is 2. The van der Waals surface area contributed by atoms with Crippen LogP contribution in [0, 0.1) is 0 Å². The van der Waals surface area contributed by atoms with Gasteiger partial charge in [0.1, 0.15) is 5.75 Å². The van der Waals surface area contributed by atoms with Gasteiger partial charge < -0.3 is 15.4 Å². The standard InChI is InChI=1S/C16H24N2O3/c1-2-3-7-11-17-16(20)13-18-15(19)10-12-21-14-8-5-4-6-9-14/h4-6,8-9H,2-3,7,10-13H2,1H3,(H,17,20)(H,18,19). The van der Waals surface area contributed by atoms with Crippen LogP contribution < -0.4 is 15.4 Å². The first kappa shape index (κ1) is 17.0. The van der Waals surface area contributed by atoms with Crippen molar-refractivity contribution in [3.05, 3.63) is 30.3 Å². The van der Waals surface area contributed by atoms with Crippen LogP contribution in [0.5, 0.6) is 5.75 Å². The van der Waals surface area contributed by atoms with Gasteiger partial charge in [-0.05, 0) is 18.6 Å². The van der Waals surface area contributed by atoms with E-state index in [-0.39, 0.29) is 24.8 Å². The van der Waals surface area contributed by atoms with E-state index >= 15 is 0 Å². The van der Waals surface area contributed by atoms with Gasteiger partial charge in [0, 0.05) is 6.54 Å². The lowest BCUT2D eigenvalue weighted by molar-refractivity contribution is -0.126. The average Bonchev–Trinajstić information content (AvgIpc) is 2.50. The first-order chi connectivity index (χ1) is 10.2. The van der Waals surface area contributed by atoms with Gasteiger partial charge in [-0.3, -0.25) is 9.59 Å². The van der Waals surface area contributed by atoms with E-state index in [4.69, 9.17) is 4.74 Å². The molecule has 0 aliphatic heterocycles. The Hall–Kier alpha value is -2.04. The van der Waals surface area contributed by atoms with E-state index in [2.05, 4.69) is 17.6 Å². The number of para-hydroxylation sites is 1. The Morgan fingerprint density at radius 2 is 1.81 bits per heavy atom. The van der Waals surface area contributed by atoms with Crippen molar-refractivity contribution in [2.75, 3.05) is 19.7 Å². The fourth-order valence-corrected chi connectivity index (χ4v) is 1.71. The van der Waals surface area contributed by atoms with Crippen LogP contribution in [0.4, 0.5) is 0 Å². The van der Waals surface area contributed by atoms with E-state index < -0.39 is 0 Å². The van der Waals surface area contributed by atoms with Crippen molar-refractivity contribution >= 4 is 11.8 Å². The lowest BCUT2D eigenvalue weighted by Crippen LogP contribution is -2.37. The molecule has 0 heterocycles. The number of amides is 2. The van der Waals surface area contributed by atoms with Gasteiger partial charge in [0.2, 0.25) is 11.8 Å². The van der Waals surface area contributed by atoms with Crippen LogP contribution in [-0.2, 0) is 9.59 Å². The zero-order valence-corrected chi connectivity index (χ0v) is 12.6. The highest BCUT2D eigenvalue weighted by molar-refractivity contribution is 5.84. The summed E-state index contributed by atoms with van der Waals surface area (Å²) in [5.74, 6) is 0.400. The quantitative estimate of drug-likeness (QED) is 0.647. The third-order valence-electron chi connectivity index (χ3n) is 2.89. The summed E-state index contributed by atoms with van der Waals surface area (Å²) in [7, 11) is 0. The van der Waals surface area contributed by atoms with Crippen molar-refractivity contribution in [1.82, 2.24) is 10.6 Å². The van der Waals surface area contributed by atoms with E-state index in [1.165, 1.54) is 0 Å². The number of carbonyl (C=O) groups is 2. The van der Waals surface area contributed by atoms with Crippen LogP contribution in [0.2, 0.25) is 0 Å². The zero-order chi connectivity index (χ0) is 15.3. The molecule has 116 valence electrons. The molecule has 0 aromatic heterocycles. The van der Waals surface area contributed by atoms with Gasteiger partial charge in [0.05, 0.1) is 19.6 Å². The Kier molecular flexibility index (Phi) is 8.68. The molecule has 5 heteroatoms. The average molecular weight is 292 g/mol. The summed E-state index contributed by atoms with van der Waals surface area (Å²) in [5, 5.41) is 5.35. The normalized spacial score (nSPS) is 9.95. The van der Waals surface area contributed by atoms with Crippen molar-refractivity contribution in [3.63, 3.8) is 0 Å². The molecular formula is C16H24N2O3. The number of unbranched alkanes of at least 4 members (excludes halogenated alkanes) is 2. The number of rotatable bonds is 10. The highest BCUT2D eigenvalue weighted by atomic mass is 16.5.